The zero-order valence-corrected chi connectivity index (χ0v) is 29.8. The summed E-state index contributed by atoms with van der Waals surface area (Å²) in [5.74, 6) is 0.406. The smallest absolute Gasteiger partial charge is 0.410 e. The van der Waals surface area contributed by atoms with Crippen molar-refractivity contribution >= 4 is 22.2 Å². The van der Waals surface area contributed by atoms with Crippen LogP contribution in [0, 0.1) is 5.92 Å². The highest BCUT2D eigenvalue weighted by atomic mass is 32.2. The molecule has 2 aromatic rings. The second kappa shape index (κ2) is 15.1. The number of nitrogens with one attached hydrogen (secondary N) is 1. The molecule has 0 saturated carbocycles. The summed E-state index contributed by atoms with van der Waals surface area (Å²) in [5, 5.41) is 2.72. The molecule has 2 amide bonds. The molecule has 11 nitrogen and oxygen atoms in total. The Kier molecular flexibility index (Phi) is 11.4. The molecule has 0 radical (unpaired) electrons. The van der Waals surface area contributed by atoms with Crippen LogP contribution in [-0.2, 0) is 36.2 Å². The number of ether oxygens (including phenoxy) is 3. The van der Waals surface area contributed by atoms with E-state index in [0.29, 0.717) is 32.1 Å². The first-order valence-electron chi connectivity index (χ1n) is 17.1. The van der Waals surface area contributed by atoms with Gasteiger partial charge >= 0.3 is 12.2 Å². The zero-order valence-electron chi connectivity index (χ0n) is 29.0. The summed E-state index contributed by atoms with van der Waals surface area (Å²) in [6.45, 7) is 12.7. The Bertz CT molecular complexity index is 1490. The van der Waals surface area contributed by atoms with E-state index in [1.54, 1.807) is 31.3 Å². The number of rotatable bonds is 11. The summed E-state index contributed by atoms with van der Waals surface area (Å²) < 4.78 is 45.3. The molecule has 3 fully saturated rings. The SMILES string of the molecule is CN(CC(C)(CCN1CCC2C(CCN2C(=O)OC(C)(C)C)C1)c1ccccc1)S(=O)(=O)c1ccc(CNC(=O)O[C@H]2CCOC2)cc1. The van der Waals surface area contributed by atoms with Gasteiger partial charge in [-0.1, -0.05) is 49.4 Å². The Labute approximate surface area is 285 Å². The van der Waals surface area contributed by atoms with Crippen LogP contribution in [0.3, 0.4) is 0 Å². The molecule has 3 unspecified atom stereocenters. The molecule has 3 aliphatic rings. The quantitative estimate of drug-likeness (QED) is 0.352. The van der Waals surface area contributed by atoms with Gasteiger partial charge in [-0.15, -0.1) is 0 Å². The average Bonchev–Trinajstić information content (AvgIpc) is 3.72. The van der Waals surface area contributed by atoms with E-state index < -0.39 is 27.1 Å². The van der Waals surface area contributed by atoms with Gasteiger partial charge in [0.15, 0.2) is 0 Å². The molecule has 3 saturated heterocycles. The molecule has 1 N–H and O–H groups in total. The maximum atomic E-state index is 13.8. The molecule has 3 heterocycles. The van der Waals surface area contributed by atoms with Crippen molar-refractivity contribution in [2.45, 2.75) is 88.0 Å². The minimum Gasteiger partial charge on any atom is -0.444 e. The monoisotopic (exact) mass is 684 g/mol. The van der Waals surface area contributed by atoms with Crippen molar-refractivity contribution in [1.29, 1.82) is 0 Å². The Balaban J connectivity index is 1.19. The largest absolute Gasteiger partial charge is 0.444 e. The number of sulfonamides is 1. The number of amides is 2. The van der Waals surface area contributed by atoms with E-state index in [2.05, 4.69) is 29.3 Å². The first kappa shape index (κ1) is 36.1. The van der Waals surface area contributed by atoms with Crippen molar-refractivity contribution in [2.24, 2.45) is 5.92 Å². The van der Waals surface area contributed by atoms with Gasteiger partial charge in [-0.25, -0.2) is 22.3 Å². The highest BCUT2D eigenvalue weighted by molar-refractivity contribution is 7.89. The molecule has 4 atom stereocenters. The van der Waals surface area contributed by atoms with Gasteiger partial charge in [0.25, 0.3) is 0 Å². The number of nitrogens with zero attached hydrogens (tertiary/aromatic N) is 3. The van der Waals surface area contributed by atoms with Gasteiger partial charge in [0, 0.05) is 57.6 Å². The summed E-state index contributed by atoms with van der Waals surface area (Å²) in [6.07, 6.45) is 2.37. The number of piperidine rings is 1. The molecule has 48 heavy (non-hydrogen) atoms. The van der Waals surface area contributed by atoms with Crippen LogP contribution in [-0.4, -0.2) is 105 Å². The van der Waals surface area contributed by atoms with E-state index in [9.17, 15) is 18.0 Å². The molecule has 0 spiro atoms. The Morgan fingerprint density at radius 1 is 1.00 bits per heavy atom. The summed E-state index contributed by atoms with van der Waals surface area (Å²) >= 11 is 0. The van der Waals surface area contributed by atoms with Gasteiger partial charge in [0.2, 0.25) is 10.0 Å². The number of alkyl carbamates (subject to hydrolysis) is 1. The Morgan fingerprint density at radius 3 is 2.40 bits per heavy atom. The molecule has 12 heteroatoms. The van der Waals surface area contributed by atoms with E-state index >= 15 is 0 Å². The van der Waals surface area contributed by atoms with Gasteiger partial charge in [-0.3, -0.25) is 0 Å². The first-order valence-corrected chi connectivity index (χ1v) is 18.5. The van der Waals surface area contributed by atoms with Gasteiger partial charge in [0.1, 0.15) is 11.7 Å². The van der Waals surface area contributed by atoms with Crippen LogP contribution < -0.4 is 5.32 Å². The molecule has 3 aliphatic heterocycles. The number of hydrogen-bond donors (Lipinski definition) is 1. The molecule has 264 valence electrons. The highest BCUT2D eigenvalue weighted by Gasteiger charge is 2.42. The lowest BCUT2D eigenvalue weighted by molar-refractivity contribution is 0.0139. The van der Waals surface area contributed by atoms with Crippen LogP contribution >= 0.6 is 0 Å². The van der Waals surface area contributed by atoms with E-state index in [0.717, 1.165) is 56.6 Å². The number of likely N-dealkylation sites (N-methyl/N-ethyl adjacent to an activating group) is 1. The van der Waals surface area contributed by atoms with Crippen LogP contribution in [0.2, 0.25) is 0 Å². The minimum absolute atomic E-state index is 0.202. The van der Waals surface area contributed by atoms with Crippen LogP contribution in [0.25, 0.3) is 0 Å². The fourth-order valence-electron chi connectivity index (χ4n) is 7.08. The van der Waals surface area contributed by atoms with E-state index in [1.165, 1.54) is 4.31 Å². The number of hydrogen-bond acceptors (Lipinski definition) is 8. The molecule has 2 aromatic carbocycles. The predicted octanol–water partition coefficient (Wildman–Crippen LogP) is 5.00. The minimum atomic E-state index is -3.78. The number of carbonyl (C=O) groups excluding carboxylic acids is 2. The average molecular weight is 685 g/mol. The molecule has 0 bridgehead atoms. The lowest BCUT2D eigenvalue weighted by Crippen LogP contribution is -2.49. The third-order valence-electron chi connectivity index (χ3n) is 9.80. The van der Waals surface area contributed by atoms with Crippen molar-refractivity contribution in [1.82, 2.24) is 19.4 Å². The van der Waals surface area contributed by atoms with E-state index in [-0.39, 0.29) is 29.7 Å². The van der Waals surface area contributed by atoms with Crippen molar-refractivity contribution in [3.05, 3.63) is 65.7 Å². The van der Waals surface area contributed by atoms with Crippen LogP contribution in [0.4, 0.5) is 9.59 Å². The zero-order chi connectivity index (χ0) is 34.5. The Hall–Kier alpha value is -3.19. The third-order valence-corrected chi connectivity index (χ3v) is 11.6. The summed E-state index contributed by atoms with van der Waals surface area (Å²) in [6, 6.07) is 16.9. The molecular formula is C36H52N4O7S. The number of fused-ring (bicyclic) bond motifs is 1. The molecule has 5 rings (SSSR count). The van der Waals surface area contributed by atoms with Crippen molar-refractivity contribution in [3.8, 4) is 0 Å². The standard InChI is InChI=1S/C36H52N4O7S/c1-35(2,3)47-34(42)40-20-15-28-24-39(19-16-32(28)40)21-18-36(4,29-9-7-6-8-10-29)26-38(5)48(43,44)31-13-11-27(12-14-31)23-37-33(41)46-30-17-22-45-25-30/h6-14,28,30,32H,15-26H2,1-5H3,(H,37,41)/t28?,30-,32?,36?/m0/s1. The number of benzene rings is 2. The molecular weight excluding hydrogens is 632 g/mol. The van der Waals surface area contributed by atoms with Crippen LogP contribution in [0.5, 0.6) is 0 Å². The normalized spacial score (nSPS) is 23.0. The third kappa shape index (κ3) is 9.07. The van der Waals surface area contributed by atoms with Crippen molar-refractivity contribution in [2.75, 3.05) is 53.0 Å². The number of carbonyl (C=O) groups is 2. The van der Waals surface area contributed by atoms with Gasteiger partial charge in [-0.2, -0.15) is 0 Å². The predicted molar refractivity (Wildman–Crippen MR) is 183 cm³/mol. The van der Waals surface area contributed by atoms with Gasteiger partial charge < -0.3 is 29.3 Å². The summed E-state index contributed by atoms with van der Waals surface area (Å²) in [7, 11) is -2.14. The lowest BCUT2D eigenvalue weighted by Gasteiger charge is -2.40. The summed E-state index contributed by atoms with van der Waals surface area (Å²) in [5.41, 5.74) is 0.913. The van der Waals surface area contributed by atoms with E-state index in [1.807, 2.05) is 43.9 Å². The molecule has 0 aliphatic carbocycles. The second-order valence-corrected chi connectivity index (χ2v) is 16.8. The fraction of sp³-hybridized carbons (Fsp3) is 0.611. The Morgan fingerprint density at radius 2 is 1.73 bits per heavy atom. The fourth-order valence-corrected chi connectivity index (χ4v) is 8.37. The number of likely N-dealkylation sites (tertiary alicyclic amines) is 2. The topological polar surface area (TPSA) is 118 Å². The van der Waals surface area contributed by atoms with E-state index in [4.69, 9.17) is 14.2 Å². The van der Waals surface area contributed by atoms with Crippen molar-refractivity contribution < 1.29 is 32.2 Å². The van der Waals surface area contributed by atoms with Crippen LogP contribution in [0.15, 0.2) is 59.5 Å². The molecule has 0 aromatic heterocycles. The van der Waals surface area contributed by atoms with Crippen LogP contribution in [0.1, 0.15) is 64.5 Å². The first-order chi connectivity index (χ1) is 22.7. The lowest BCUT2D eigenvalue weighted by atomic mass is 9.79. The van der Waals surface area contributed by atoms with Gasteiger partial charge in [0.05, 0.1) is 18.1 Å². The second-order valence-electron chi connectivity index (χ2n) is 14.7. The maximum absolute atomic E-state index is 13.8. The maximum Gasteiger partial charge on any atom is 0.410 e. The summed E-state index contributed by atoms with van der Waals surface area (Å²) in [4.78, 5) is 29.5. The highest BCUT2D eigenvalue weighted by Crippen LogP contribution is 2.35. The van der Waals surface area contributed by atoms with Crippen molar-refractivity contribution in [3.63, 3.8) is 0 Å². The van der Waals surface area contributed by atoms with Gasteiger partial charge in [-0.05, 0) is 75.8 Å².